The fourth-order valence-corrected chi connectivity index (χ4v) is 3.53. The molecule has 2 aliphatic rings. The van der Waals surface area contributed by atoms with Gasteiger partial charge in [0.05, 0.1) is 11.8 Å². The highest BCUT2D eigenvalue weighted by Gasteiger charge is 2.48. The lowest BCUT2D eigenvalue weighted by atomic mass is 9.81. The maximum Gasteiger partial charge on any atom is 0.326 e. The summed E-state index contributed by atoms with van der Waals surface area (Å²) < 4.78 is 4.81. The third-order valence-electron chi connectivity index (χ3n) is 4.94. The van der Waals surface area contributed by atoms with Gasteiger partial charge in [0.15, 0.2) is 6.61 Å². The maximum atomic E-state index is 12.3. The molecule has 3 rings (SSSR count). The molecule has 1 aliphatic carbocycles. The predicted octanol–water partition coefficient (Wildman–Crippen LogP) is 0.166. The summed E-state index contributed by atoms with van der Waals surface area (Å²) in [6, 6.07) is 8.25. The third-order valence-corrected chi connectivity index (χ3v) is 4.94. The Balaban J connectivity index is 1.41. The van der Waals surface area contributed by atoms with Crippen LogP contribution in [-0.4, -0.2) is 47.6 Å². The lowest BCUT2D eigenvalue weighted by Crippen LogP contribution is -2.44. The van der Waals surface area contributed by atoms with Gasteiger partial charge >= 0.3 is 5.97 Å². The molecule has 0 aromatic heterocycles. The zero-order chi connectivity index (χ0) is 20.1. The van der Waals surface area contributed by atoms with E-state index in [0.29, 0.717) is 18.4 Å². The number of esters is 1. The minimum Gasteiger partial charge on any atom is -0.454 e. The molecule has 1 saturated heterocycles. The average Bonchev–Trinajstić information content (AvgIpc) is 2.96. The van der Waals surface area contributed by atoms with Crippen LogP contribution in [0.15, 0.2) is 30.3 Å². The number of benzene rings is 1. The summed E-state index contributed by atoms with van der Waals surface area (Å²) >= 11 is 0. The highest BCUT2D eigenvalue weighted by molar-refractivity contribution is 6.07. The minimum atomic E-state index is -0.857. The van der Waals surface area contributed by atoms with E-state index >= 15 is 0 Å². The Hall–Kier alpha value is -3.23. The second-order valence-electron chi connectivity index (χ2n) is 6.79. The Labute approximate surface area is 161 Å². The summed E-state index contributed by atoms with van der Waals surface area (Å²) in [6.07, 6.45) is 3.11. The van der Waals surface area contributed by atoms with Gasteiger partial charge in [-0.15, -0.1) is 0 Å². The first-order valence-electron chi connectivity index (χ1n) is 9.12. The largest absolute Gasteiger partial charge is 0.454 e. The molecule has 9 heteroatoms. The monoisotopic (exact) mass is 387 g/mol. The van der Waals surface area contributed by atoms with Crippen molar-refractivity contribution in [3.8, 4) is 0 Å². The molecule has 0 spiro atoms. The van der Waals surface area contributed by atoms with Crippen LogP contribution in [-0.2, 0) is 23.9 Å². The molecule has 1 aromatic carbocycles. The van der Waals surface area contributed by atoms with Gasteiger partial charge in [0.2, 0.25) is 11.8 Å². The molecule has 4 amide bonds. The number of nitrogens with one attached hydrogen (secondary N) is 2. The van der Waals surface area contributed by atoms with Gasteiger partial charge in [0.1, 0.15) is 6.54 Å². The molecule has 0 radical (unpaired) electrons. The van der Waals surface area contributed by atoms with Crippen LogP contribution in [0, 0.1) is 11.8 Å². The standard InChI is InChI=1S/C19H21N3O6/c23-15(20-21-17(25)12-6-2-1-3-7-12)11-28-16(24)10-22-18(26)13-8-4-5-9-14(13)19(22)27/h1-3,6-7,13-14H,4-5,8-11H2,(H,20,23)(H,21,25)/t13-,14+. The Kier molecular flexibility index (Phi) is 6.03. The minimum absolute atomic E-state index is 0.341. The van der Waals surface area contributed by atoms with E-state index in [4.69, 9.17) is 4.74 Å². The molecule has 0 unspecified atom stereocenters. The summed E-state index contributed by atoms with van der Waals surface area (Å²) in [5.41, 5.74) is 4.67. The molecule has 28 heavy (non-hydrogen) atoms. The van der Waals surface area contributed by atoms with E-state index in [9.17, 15) is 24.0 Å². The Bertz CT molecular complexity index is 770. The molecule has 1 heterocycles. The van der Waals surface area contributed by atoms with Crippen molar-refractivity contribution in [3.63, 3.8) is 0 Å². The first-order valence-corrected chi connectivity index (χ1v) is 9.12. The van der Waals surface area contributed by atoms with Gasteiger partial charge in [-0.25, -0.2) is 0 Å². The highest BCUT2D eigenvalue weighted by atomic mass is 16.5. The van der Waals surface area contributed by atoms with Crippen LogP contribution in [0.1, 0.15) is 36.0 Å². The number of fused-ring (bicyclic) bond motifs is 1. The van der Waals surface area contributed by atoms with Crippen molar-refractivity contribution >= 4 is 29.6 Å². The molecular weight excluding hydrogens is 366 g/mol. The normalized spacial score (nSPS) is 21.1. The molecule has 2 atom stereocenters. The number of hydrogen-bond acceptors (Lipinski definition) is 6. The molecule has 1 aliphatic heterocycles. The van der Waals surface area contributed by atoms with Crippen LogP contribution in [0.25, 0.3) is 0 Å². The zero-order valence-corrected chi connectivity index (χ0v) is 15.2. The fraction of sp³-hybridized carbons (Fsp3) is 0.421. The quantitative estimate of drug-likeness (QED) is 0.422. The van der Waals surface area contributed by atoms with Crippen molar-refractivity contribution in [2.75, 3.05) is 13.2 Å². The van der Waals surface area contributed by atoms with Crippen molar-refractivity contribution in [1.29, 1.82) is 0 Å². The van der Waals surface area contributed by atoms with E-state index in [1.807, 2.05) is 0 Å². The topological polar surface area (TPSA) is 122 Å². The summed E-state index contributed by atoms with van der Waals surface area (Å²) in [5.74, 6) is -3.49. The van der Waals surface area contributed by atoms with Crippen LogP contribution >= 0.6 is 0 Å². The third kappa shape index (κ3) is 4.36. The van der Waals surface area contributed by atoms with E-state index in [1.165, 1.54) is 0 Å². The van der Waals surface area contributed by atoms with Crippen LogP contribution in [0.3, 0.4) is 0 Å². The first-order chi connectivity index (χ1) is 13.5. The van der Waals surface area contributed by atoms with E-state index in [0.717, 1.165) is 17.7 Å². The highest BCUT2D eigenvalue weighted by Crippen LogP contribution is 2.37. The van der Waals surface area contributed by atoms with E-state index in [2.05, 4.69) is 10.9 Å². The van der Waals surface area contributed by atoms with Gasteiger partial charge in [-0.1, -0.05) is 31.0 Å². The second kappa shape index (κ2) is 8.64. The number of rotatable bonds is 5. The average molecular weight is 387 g/mol. The number of hydrogen-bond donors (Lipinski definition) is 2. The maximum absolute atomic E-state index is 12.3. The second-order valence-corrected chi connectivity index (χ2v) is 6.79. The van der Waals surface area contributed by atoms with Crippen LogP contribution in [0.2, 0.25) is 0 Å². The number of ether oxygens (including phenoxy) is 1. The van der Waals surface area contributed by atoms with Gasteiger partial charge in [-0.05, 0) is 25.0 Å². The van der Waals surface area contributed by atoms with Gasteiger partial charge in [-0.3, -0.25) is 39.7 Å². The SMILES string of the molecule is O=C(COC(=O)CN1C(=O)[C@H]2CCCC[C@H]2C1=O)NNC(=O)c1ccccc1. The van der Waals surface area contributed by atoms with Gasteiger partial charge < -0.3 is 4.74 Å². The Morgan fingerprint density at radius 2 is 1.57 bits per heavy atom. The molecule has 1 aromatic rings. The van der Waals surface area contributed by atoms with Crippen molar-refractivity contribution < 1.29 is 28.7 Å². The van der Waals surface area contributed by atoms with Crippen LogP contribution in [0.4, 0.5) is 0 Å². The number of hydrazine groups is 1. The van der Waals surface area contributed by atoms with Gasteiger partial charge in [-0.2, -0.15) is 0 Å². The van der Waals surface area contributed by atoms with Crippen LogP contribution in [0.5, 0.6) is 0 Å². The molecule has 148 valence electrons. The zero-order valence-electron chi connectivity index (χ0n) is 15.2. The fourth-order valence-electron chi connectivity index (χ4n) is 3.53. The van der Waals surface area contributed by atoms with Crippen LogP contribution < -0.4 is 10.9 Å². The van der Waals surface area contributed by atoms with E-state index in [-0.39, 0.29) is 23.7 Å². The van der Waals surface area contributed by atoms with Crippen molar-refractivity contribution in [2.24, 2.45) is 11.8 Å². The van der Waals surface area contributed by atoms with E-state index < -0.39 is 30.9 Å². The molecule has 2 fully saturated rings. The Morgan fingerprint density at radius 1 is 0.964 bits per heavy atom. The number of nitrogens with zero attached hydrogens (tertiary/aromatic N) is 1. The van der Waals surface area contributed by atoms with Gasteiger partial charge in [0, 0.05) is 5.56 Å². The number of likely N-dealkylation sites (tertiary alicyclic amines) is 1. The number of imide groups is 1. The molecule has 2 N–H and O–H groups in total. The summed E-state index contributed by atoms with van der Waals surface area (Å²) in [5, 5.41) is 0. The number of amides is 4. The number of carbonyl (C=O) groups excluding carboxylic acids is 5. The molecule has 0 bridgehead atoms. The lowest BCUT2D eigenvalue weighted by molar-refractivity contribution is -0.155. The predicted molar refractivity (Wildman–Crippen MR) is 95.2 cm³/mol. The first kappa shape index (κ1) is 19.5. The molecule has 9 nitrogen and oxygen atoms in total. The molecular formula is C19H21N3O6. The summed E-state index contributed by atoms with van der Waals surface area (Å²) in [6.45, 7) is -1.15. The summed E-state index contributed by atoms with van der Waals surface area (Å²) in [4.78, 5) is 61.0. The van der Waals surface area contributed by atoms with E-state index in [1.54, 1.807) is 30.3 Å². The van der Waals surface area contributed by atoms with Crippen molar-refractivity contribution in [2.45, 2.75) is 25.7 Å². The smallest absolute Gasteiger partial charge is 0.326 e. The Morgan fingerprint density at radius 3 is 2.18 bits per heavy atom. The van der Waals surface area contributed by atoms with Crippen molar-refractivity contribution in [1.82, 2.24) is 15.8 Å². The van der Waals surface area contributed by atoms with Crippen molar-refractivity contribution in [3.05, 3.63) is 35.9 Å². The summed E-state index contributed by atoms with van der Waals surface area (Å²) in [7, 11) is 0. The molecule has 1 saturated carbocycles. The lowest BCUT2D eigenvalue weighted by Gasteiger charge is -2.19. The number of carbonyl (C=O) groups is 5. The van der Waals surface area contributed by atoms with Gasteiger partial charge in [0.25, 0.3) is 11.8 Å².